The summed E-state index contributed by atoms with van der Waals surface area (Å²) < 4.78 is 2.78. The largest absolute Gasteiger partial charge is 0.507 e. The molecule has 0 aliphatic heterocycles. The Labute approximate surface area is 155 Å². The lowest BCUT2D eigenvalue weighted by molar-refractivity contribution is 0.450. The van der Waals surface area contributed by atoms with E-state index in [-0.39, 0.29) is 22.6 Å². The summed E-state index contributed by atoms with van der Waals surface area (Å²) in [5, 5.41) is 21.1. The van der Waals surface area contributed by atoms with E-state index >= 15 is 0 Å². The summed E-state index contributed by atoms with van der Waals surface area (Å²) in [5.74, 6) is -1.49. The Bertz CT molecular complexity index is 1060. The van der Waals surface area contributed by atoms with Gasteiger partial charge in [0, 0.05) is 31.7 Å². The van der Waals surface area contributed by atoms with Crippen molar-refractivity contribution in [3.8, 4) is 11.5 Å². The van der Waals surface area contributed by atoms with Crippen LogP contribution in [0.15, 0.2) is 46.1 Å². The molecule has 140 valence electrons. The third-order valence-corrected chi connectivity index (χ3v) is 4.93. The van der Waals surface area contributed by atoms with Crippen LogP contribution in [0.2, 0.25) is 0 Å². The molecule has 3 heterocycles. The number of aryl methyl sites for hydroxylation is 2. The first-order valence-electron chi connectivity index (χ1n) is 8.44. The van der Waals surface area contributed by atoms with Gasteiger partial charge >= 0.3 is 0 Å². The fourth-order valence-electron chi connectivity index (χ4n) is 3.18. The van der Waals surface area contributed by atoms with Crippen LogP contribution in [0.1, 0.15) is 34.1 Å². The fourth-order valence-corrected chi connectivity index (χ4v) is 3.18. The molecule has 0 saturated carbocycles. The Balaban J connectivity index is 2.46. The van der Waals surface area contributed by atoms with E-state index in [1.807, 2.05) is 0 Å². The molecular weight excluding hydrogens is 346 g/mol. The Morgan fingerprint density at radius 3 is 1.78 bits per heavy atom. The van der Waals surface area contributed by atoms with E-state index in [9.17, 15) is 19.8 Å². The van der Waals surface area contributed by atoms with Crippen LogP contribution in [0.4, 0.5) is 0 Å². The zero-order valence-electron chi connectivity index (χ0n) is 15.6. The third-order valence-electron chi connectivity index (χ3n) is 4.93. The van der Waals surface area contributed by atoms with Crippen molar-refractivity contribution >= 4 is 0 Å². The summed E-state index contributed by atoms with van der Waals surface area (Å²) in [7, 11) is 3.17. The van der Waals surface area contributed by atoms with Crippen molar-refractivity contribution in [3.05, 3.63) is 85.4 Å². The second-order valence-electron chi connectivity index (χ2n) is 6.59. The van der Waals surface area contributed by atoms with Crippen molar-refractivity contribution in [2.24, 2.45) is 14.1 Å². The average Bonchev–Trinajstić information content (AvgIpc) is 2.64. The highest BCUT2D eigenvalue weighted by Crippen LogP contribution is 2.36. The number of rotatable bonds is 3. The first kappa shape index (κ1) is 18.4. The average molecular weight is 367 g/mol. The SMILES string of the molecule is Cc1cc(O)c(C(c2ccccn2)c2c(O)cc(C)n(C)c2=O)c(=O)n1C. The van der Waals surface area contributed by atoms with Crippen LogP contribution in [0.5, 0.6) is 11.5 Å². The van der Waals surface area contributed by atoms with Gasteiger partial charge in [0.05, 0.1) is 22.7 Å². The van der Waals surface area contributed by atoms with Gasteiger partial charge in [0.2, 0.25) is 0 Å². The molecular formula is C20H21N3O4. The van der Waals surface area contributed by atoms with E-state index in [0.29, 0.717) is 17.1 Å². The Kier molecular flexibility index (Phi) is 4.61. The molecule has 0 spiro atoms. The summed E-state index contributed by atoms with van der Waals surface area (Å²) >= 11 is 0. The van der Waals surface area contributed by atoms with Crippen LogP contribution in [0.25, 0.3) is 0 Å². The normalized spacial score (nSPS) is 11.1. The molecule has 3 rings (SSSR count). The van der Waals surface area contributed by atoms with Gasteiger partial charge in [0.25, 0.3) is 11.1 Å². The lowest BCUT2D eigenvalue weighted by Gasteiger charge is -2.21. The summed E-state index contributed by atoms with van der Waals surface area (Å²) in [6.45, 7) is 3.39. The minimum absolute atomic E-state index is 0.00180. The maximum atomic E-state index is 13.0. The molecule has 7 heteroatoms. The molecule has 3 aromatic heterocycles. The standard InChI is InChI=1S/C20H21N3O4/c1-11-9-14(24)17(19(26)22(11)3)16(13-7-5-6-8-21-13)18-15(25)10-12(2)23(4)20(18)27/h5-10,16,24-25H,1-4H3. The molecule has 7 nitrogen and oxygen atoms in total. The lowest BCUT2D eigenvalue weighted by Crippen LogP contribution is -2.31. The molecule has 0 atom stereocenters. The van der Waals surface area contributed by atoms with Crippen molar-refractivity contribution in [1.82, 2.24) is 14.1 Å². The van der Waals surface area contributed by atoms with Crippen LogP contribution in [-0.2, 0) is 14.1 Å². The van der Waals surface area contributed by atoms with E-state index in [0.717, 1.165) is 0 Å². The number of hydrogen-bond donors (Lipinski definition) is 2. The molecule has 0 radical (unpaired) electrons. The van der Waals surface area contributed by atoms with Gasteiger partial charge in [0.15, 0.2) is 0 Å². The van der Waals surface area contributed by atoms with Crippen LogP contribution in [0, 0.1) is 13.8 Å². The van der Waals surface area contributed by atoms with E-state index in [1.165, 1.54) is 27.5 Å². The van der Waals surface area contributed by atoms with Gasteiger partial charge in [0.1, 0.15) is 11.5 Å². The zero-order chi connectivity index (χ0) is 19.9. The Morgan fingerprint density at radius 2 is 1.37 bits per heavy atom. The molecule has 0 amide bonds. The van der Waals surface area contributed by atoms with Crippen molar-refractivity contribution in [3.63, 3.8) is 0 Å². The Hall–Kier alpha value is -3.35. The first-order valence-corrected chi connectivity index (χ1v) is 8.44. The molecule has 0 saturated heterocycles. The number of aromatic hydroxyl groups is 2. The fraction of sp³-hybridized carbons (Fsp3) is 0.250. The van der Waals surface area contributed by atoms with Crippen molar-refractivity contribution in [2.45, 2.75) is 19.8 Å². The van der Waals surface area contributed by atoms with Gasteiger partial charge in [-0.1, -0.05) is 6.07 Å². The molecule has 3 aromatic rings. The minimum Gasteiger partial charge on any atom is -0.507 e. The lowest BCUT2D eigenvalue weighted by atomic mass is 9.87. The zero-order valence-corrected chi connectivity index (χ0v) is 15.6. The van der Waals surface area contributed by atoms with E-state index in [1.54, 1.807) is 46.1 Å². The highest BCUT2D eigenvalue weighted by atomic mass is 16.3. The van der Waals surface area contributed by atoms with Gasteiger partial charge in [-0.05, 0) is 38.1 Å². The molecule has 0 aliphatic rings. The van der Waals surface area contributed by atoms with E-state index in [2.05, 4.69) is 4.98 Å². The van der Waals surface area contributed by atoms with Crippen molar-refractivity contribution in [1.29, 1.82) is 0 Å². The second-order valence-corrected chi connectivity index (χ2v) is 6.59. The van der Waals surface area contributed by atoms with Gasteiger partial charge < -0.3 is 19.3 Å². The molecule has 27 heavy (non-hydrogen) atoms. The summed E-state index contributed by atoms with van der Waals surface area (Å²) in [6.07, 6.45) is 1.54. The minimum atomic E-state index is -1.01. The molecule has 2 N–H and O–H groups in total. The number of hydrogen-bond acceptors (Lipinski definition) is 5. The van der Waals surface area contributed by atoms with E-state index < -0.39 is 17.0 Å². The maximum Gasteiger partial charge on any atom is 0.258 e. The molecule has 0 bridgehead atoms. The predicted octanol–water partition coefficient (Wildman–Crippen LogP) is 1.69. The second kappa shape index (κ2) is 6.75. The summed E-state index contributed by atoms with van der Waals surface area (Å²) in [5.41, 5.74) is 0.612. The van der Waals surface area contributed by atoms with Crippen LogP contribution >= 0.6 is 0 Å². The Morgan fingerprint density at radius 1 is 0.889 bits per heavy atom. The van der Waals surface area contributed by atoms with Gasteiger partial charge in [-0.15, -0.1) is 0 Å². The molecule has 0 aromatic carbocycles. The van der Waals surface area contributed by atoms with Crippen molar-refractivity contribution < 1.29 is 10.2 Å². The highest BCUT2D eigenvalue weighted by molar-refractivity contribution is 5.50. The van der Waals surface area contributed by atoms with Crippen LogP contribution in [0.3, 0.4) is 0 Å². The smallest absolute Gasteiger partial charge is 0.258 e. The molecule has 0 aliphatic carbocycles. The summed E-state index contributed by atoms with van der Waals surface area (Å²) in [4.78, 5) is 30.2. The van der Waals surface area contributed by atoms with Crippen molar-refractivity contribution in [2.75, 3.05) is 0 Å². The third kappa shape index (κ3) is 3.01. The number of pyridine rings is 3. The van der Waals surface area contributed by atoms with Gasteiger partial charge in [-0.25, -0.2) is 0 Å². The summed E-state index contributed by atoms with van der Waals surface area (Å²) in [6, 6.07) is 8.01. The van der Waals surface area contributed by atoms with E-state index in [4.69, 9.17) is 0 Å². The topological polar surface area (TPSA) is 97.4 Å². The molecule has 0 fully saturated rings. The number of aromatic nitrogens is 3. The highest BCUT2D eigenvalue weighted by Gasteiger charge is 2.31. The van der Waals surface area contributed by atoms with Gasteiger partial charge in [-0.3, -0.25) is 14.6 Å². The maximum absolute atomic E-state index is 13.0. The predicted molar refractivity (Wildman–Crippen MR) is 101 cm³/mol. The quantitative estimate of drug-likeness (QED) is 0.734. The number of nitrogens with zero attached hydrogens (tertiary/aromatic N) is 3. The monoisotopic (exact) mass is 367 g/mol. The van der Waals surface area contributed by atoms with Crippen LogP contribution < -0.4 is 11.1 Å². The molecule has 0 unspecified atom stereocenters. The van der Waals surface area contributed by atoms with Crippen LogP contribution in [-0.4, -0.2) is 24.3 Å². The first-order chi connectivity index (χ1) is 12.7. The van der Waals surface area contributed by atoms with Gasteiger partial charge in [-0.2, -0.15) is 0 Å².